The Bertz CT molecular complexity index is 754. The van der Waals surface area contributed by atoms with Crippen molar-refractivity contribution in [2.75, 3.05) is 12.5 Å². The summed E-state index contributed by atoms with van der Waals surface area (Å²) in [4.78, 5) is 12.3. The van der Waals surface area contributed by atoms with Crippen LogP contribution in [0.4, 0.5) is 8.78 Å². The lowest BCUT2D eigenvalue weighted by atomic mass is 9.88. The minimum absolute atomic E-state index is 0.0436. The van der Waals surface area contributed by atoms with Crippen molar-refractivity contribution in [1.29, 1.82) is 0 Å². The van der Waals surface area contributed by atoms with Gasteiger partial charge in [-0.15, -0.1) is 11.6 Å². The zero-order valence-electron chi connectivity index (χ0n) is 13.4. The molecule has 0 N–H and O–H groups in total. The molecule has 2 aromatic carbocycles. The van der Waals surface area contributed by atoms with Crippen LogP contribution in [0.2, 0.25) is 0 Å². The van der Waals surface area contributed by atoms with Gasteiger partial charge in [0.25, 0.3) is 0 Å². The first-order chi connectivity index (χ1) is 12.0. The first-order valence-corrected chi connectivity index (χ1v) is 8.43. The lowest BCUT2D eigenvalue weighted by molar-refractivity contribution is -0.149. The summed E-state index contributed by atoms with van der Waals surface area (Å²) >= 11 is 6.02. The van der Waals surface area contributed by atoms with Crippen molar-refractivity contribution in [2.45, 2.75) is 18.6 Å². The molecule has 0 aromatic heterocycles. The van der Waals surface area contributed by atoms with Gasteiger partial charge >= 0.3 is 5.97 Å². The van der Waals surface area contributed by atoms with Gasteiger partial charge in [-0.3, -0.25) is 4.79 Å². The van der Waals surface area contributed by atoms with E-state index >= 15 is 0 Å². The lowest BCUT2D eigenvalue weighted by Gasteiger charge is -2.26. The maximum absolute atomic E-state index is 14.1. The third kappa shape index (κ3) is 3.83. The Morgan fingerprint density at radius 2 is 2.00 bits per heavy atom. The molecular weight excluding hydrogens is 350 g/mol. The maximum atomic E-state index is 14.1. The van der Waals surface area contributed by atoms with Gasteiger partial charge in [0, 0.05) is 11.6 Å². The van der Waals surface area contributed by atoms with Gasteiger partial charge in [0.05, 0.1) is 18.4 Å². The number of alkyl halides is 1. The summed E-state index contributed by atoms with van der Waals surface area (Å²) in [5.74, 6) is -2.43. The number of esters is 1. The highest BCUT2D eigenvalue weighted by Gasteiger charge is 2.46. The number of rotatable bonds is 5. The fourth-order valence-electron chi connectivity index (χ4n) is 2.99. The molecule has 1 heterocycles. The number of hydrogen-bond acceptors (Lipinski definition) is 3. The Balaban J connectivity index is 1.69. The van der Waals surface area contributed by atoms with Crippen molar-refractivity contribution < 1.29 is 23.0 Å². The van der Waals surface area contributed by atoms with E-state index in [0.29, 0.717) is 0 Å². The van der Waals surface area contributed by atoms with Crippen LogP contribution in [0, 0.1) is 17.6 Å². The molecule has 3 nitrogen and oxygen atoms in total. The van der Waals surface area contributed by atoms with Crippen molar-refractivity contribution in [3.63, 3.8) is 0 Å². The van der Waals surface area contributed by atoms with E-state index in [0.717, 1.165) is 17.7 Å². The Labute approximate surface area is 149 Å². The van der Waals surface area contributed by atoms with Crippen molar-refractivity contribution in [2.24, 2.45) is 5.92 Å². The number of ether oxygens (including phenoxy) is 2. The molecule has 1 aliphatic heterocycles. The van der Waals surface area contributed by atoms with E-state index < -0.39 is 29.1 Å². The van der Waals surface area contributed by atoms with Gasteiger partial charge in [0.15, 0.2) is 0 Å². The Morgan fingerprint density at radius 1 is 1.24 bits per heavy atom. The van der Waals surface area contributed by atoms with Gasteiger partial charge in [-0.05, 0) is 18.1 Å². The predicted octanol–water partition coefficient (Wildman–Crippen LogP) is 4.18. The highest BCUT2D eigenvalue weighted by Crippen LogP contribution is 2.41. The number of benzene rings is 2. The lowest BCUT2D eigenvalue weighted by Crippen LogP contribution is -2.29. The fraction of sp³-hybridized carbons (Fsp3) is 0.316. The molecule has 0 bridgehead atoms. The first-order valence-electron chi connectivity index (χ1n) is 7.90. The second kappa shape index (κ2) is 7.50. The largest absolute Gasteiger partial charge is 0.461 e. The second-order valence-corrected chi connectivity index (χ2v) is 6.32. The molecule has 3 rings (SSSR count). The minimum atomic E-state index is -1.16. The van der Waals surface area contributed by atoms with E-state index in [4.69, 9.17) is 21.1 Å². The van der Waals surface area contributed by atoms with Crippen LogP contribution in [0.15, 0.2) is 48.5 Å². The number of hydrogen-bond donors (Lipinski definition) is 0. The Hall–Kier alpha value is -1.98. The van der Waals surface area contributed by atoms with Gasteiger partial charge in [0.2, 0.25) is 0 Å². The smallest absolute Gasteiger partial charge is 0.311 e. The molecule has 1 aliphatic rings. The second-order valence-electron chi connectivity index (χ2n) is 6.06. The van der Waals surface area contributed by atoms with Gasteiger partial charge in [-0.25, -0.2) is 8.78 Å². The van der Waals surface area contributed by atoms with Crippen molar-refractivity contribution in [3.8, 4) is 0 Å². The van der Waals surface area contributed by atoms with E-state index in [1.165, 1.54) is 6.07 Å². The molecule has 0 unspecified atom stereocenters. The third-order valence-electron chi connectivity index (χ3n) is 4.33. The van der Waals surface area contributed by atoms with Crippen LogP contribution in [-0.4, -0.2) is 18.5 Å². The third-order valence-corrected chi connectivity index (χ3v) is 4.76. The van der Waals surface area contributed by atoms with E-state index in [1.54, 1.807) is 0 Å². The van der Waals surface area contributed by atoms with Crippen LogP contribution >= 0.6 is 11.6 Å². The van der Waals surface area contributed by atoms with Crippen LogP contribution in [0.3, 0.4) is 0 Å². The maximum Gasteiger partial charge on any atom is 0.311 e. The molecule has 2 atom stereocenters. The molecule has 0 radical (unpaired) electrons. The molecule has 0 aliphatic carbocycles. The molecular formula is C19H17ClF2O3. The molecule has 0 spiro atoms. The summed E-state index contributed by atoms with van der Waals surface area (Å²) in [5.41, 5.74) is -0.124. The molecule has 0 amide bonds. The molecule has 1 fully saturated rings. The first kappa shape index (κ1) is 17.8. The molecule has 132 valence electrons. The molecule has 25 heavy (non-hydrogen) atoms. The van der Waals surface area contributed by atoms with Crippen LogP contribution in [0.5, 0.6) is 0 Å². The van der Waals surface area contributed by atoms with Crippen molar-refractivity contribution >= 4 is 17.6 Å². The monoisotopic (exact) mass is 366 g/mol. The van der Waals surface area contributed by atoms with Gasteiger partial charge in [-0.1, -0.05) is 36.4 Å². The van der Waals surface area contributed by atoms with Gasteiger partial charge < -0.3 is 9.47 Å². The van der Waals surface area contributed by atoms with E-state index in [9.17, 15) is 13.6 Å². The molecule has 0 saturated carbocycles. The molecule has 6 heteroatoms. The molecule has 1 saturated heterocycles. The van der Waals surface area contributed by atoms with Crippen molar-refractivity contribution in [3.05, 3.63) is 71.3 Å². The van der Waals surface area contributed by atoms with E-state index in [1.807, 2.05) is 30.3 Å². The Morgan fingerprint density at radius 3 is 2.68 bits per heavy atom. The normalized spacial score (nSPS) is 22.8. The number of halogens is 3. The van der Waals surface area contributed by atoms with Gasteiger partial charge in [-0.2, -0.15) is 0 Å². The SMILES string of the molecule is O=C(OCc1ccccc1)[C@@H]1CO[C@@](CCl)(c2ccc(F)cc2F)C1. The highest BCUT2D eigenvalue weighted by molar-refractivity contribution is 6.18. The fourth-order valence-corrected chi connectivity index (χ4v) is 3.32. The van der Waals surface area contributed by atoms with Gasteiger partial charge in [0.1, 0.15) is 23.8 Å². The van der Waals surface area contributed by atoms with Crippen LogP contribution < -0.4 is 0 Å². The van der Waals surface area contributed by atoms with Crippen LogP contribution in [-0.2, 0) is 26.5 Å². The summed E-state index contributed by atoms with van der Waals surface area (Å²) in [7, 11) is 0. The summed E-state index contributed by atoms with van der Waals surface area (Å²) in [6.07, 6.45) is 0.187. The minimum Gasteiger partial charge on any atom is -0.461 e. The average molecular weight is 367 g/mol. The summed E-state index contributed by atoms with van der Waals surface area (Å²) in [6.45, 7) is 0.242. The predicted molar refractivity (Wildman–Crippen MR) is 89.1 cm³/mol. The van der Waals surface area contributed by atoms with E-state index in [2.05, 4.69) is 0 Å². The van der Waals surface area contributed by atoms with Crippen LogP contribution in [0.25, 0.3) is 0 Å². The standard InChI is InChI=1S/C19H17ClF2O3/c20-12-19(16-7-6-15(21)8-17(16)22)9-14(11-25-19)18(23)24-10-13-4-2-1-3-5-13/h1-8,14H,9-12H2/t14-,19-/m0/s1. The summed E-state index contributed by atoms with van der Waals surface area (Å²) in [5, 5.41) is 0. The Kier molecular flexibility index (Phi) is 5.35. The summed E-state index contributed by atoms with van der Waals surface area (Å²) in [6, 6.07) is 12.6. The topological polar surface area (TPSA) is 35.5 Å². The van der Waals surface area contributed by atoms with Crippen molar-refractivity contribution in [1.82, 2.24) is 0 Å². The number of carbonyl (C=O) groups is 1. The van der Waals surface area contributed by atoms with Crippen LogP contribution in [0.1, 0.15) is 17.5 Å². The number of carbonyl (C=O) groups excluding carboxylic acids is 1. The quantitative estimate of drug-likeness (QED) is 0.588. The average Bonchev–Trinajstić information content (AvgIpc) is 3.06. The zero-order valence-corrected chi connectivity index (χ0v) is 14.1. The highest BCUT2D eigenvalue weighted by atomic mass is 35.5. The summed E-state index contributed by atoms with van der Waals surface area (Å²) < 4.78 is 38.3. The zero-order chi connectivity index (χ0) is 17.9. The molecule has 2 aromatic rings. The van der Waals surface area contributed by atoms with E-state index in [-0.39, 0.29) is 31.1 Å².